The molecule has 0 aliphatic carbocycles. The molecule has 0 aliphatic rings. The van der Waals surface area contributed by atoms with Crippen LogP contribution in [0.15, 0.2) is 89.1 Å². The molecule has 1 N–H and O–H groups in total. The maximum Gasteiger partial charge on any atom is 0.336 e. The van der Waals surface area contributed by atoms with Crippen molar-refractivity contribution in [2.45, 2.75) is 13.3 Å². The Morgan fingerprint density at radius 3 is 2.29 bits per heavy atom. The average Bonchev–Trinajstić information content (AvgIpc) is 2.72. The highest BCUT2D eigenvalue weighted by molar-refractivity contribution is 5.96. The monoisotopic (exact) mass is 373 g/mol. The van der Waals surface area contributed by atoms with E-state index in [1.807, 2.05) is 49.4 Å². The van der Waals surface area contributed by atoms with Crippen molar-refractivity contribution in [2.75, 3.05) is 5.48 Å². The van der Waals surface area contributed by atoms with Gasteiger partial charge in [0, 0.05) is 5.56 Å². The first-order valence-electron chi connectivity index (χ1n) is 8.73. The van der Waals surface area contributed by atoms with Crippen LogP contribution in [-0.2, 0) is 16.1 Å². The first kappa shape index (κ1) is 19.0. The third-order valence-corrected chi connectivity index (χ3v) is 3.97. The van der Waals surface area contributed by atoms with Crippen molar-refractivity contribution in [2.24, 2.45) is 10.2 Å². The number of rotatable bonds is 6. The van der Waals surface area contributed by atoms with Crippen molar-refractivity contribution in [1.82, 2.24) is 0 Å². The number of amides is 1. The fraction of sp³-hybridized carbons (Fsp3) is 0.0909. The lowest BCUT2D eigenvalue weighted by Gasteiger charge is -2.07. The quantitative estimate of drug-likeness (QED) is 0.485. The standard InChI is InChI=1S/C22H19N3O3/c1-16-7-5-6-10-20(16)22(27)24-23-18-11-13-19(14-12-18)25-28-21(26)15-17-8-3-2-4-9-17/h2-14,25H,15H2,1H3. The summed E-state index contributed by atoms with van der Waals surface area (Å²) in [5.74, 6) is -0.783. The molecule has 0 fully saturated rings. The molecule has 28 heavy (non-hydrogen) atoms. The molecule has 0 aliphatic heterocycles. The number of carbonyl (C=O) groups excluding carboxylic acids is 2. The summed E-state index contributed by atoms with van der Waals surface area (Å²) in [7, 11) is 0. The van der Waals surface area contributed by atoms with Gasteiger partial charge >= 0.3 is 5.97 Å². The van der Waals surface area contributed by atoms with E-state index in [1.54, 1.807) is 36.4 Å². The summed E-state index contributed by atoms with van der Waals surface area (Å²) in [5.41, 5.74) is 5.96. The normalized spacial score (nSPS) is 10.6. The minimum absolute atomic E-state index is 0.182. The van der Waals surface area contributed by atoms with Gasteiger partial charge in [0.1, 0.15) is 0 Å². The summed E-state index contributed by atoms with van der Waals surface area (Å²) < 4.78 is 0. The molecule has 1 amide bonds. The van der Waals surface area contributed by atoms with Gasteiger partial charge in [-0.25, -0.2) is 10.3 Å². The van der Waals surface area contributed by atoms with Crippen LogP contribution in [0.3, 0.4) is 0 Å². The number of nitrogens with one attached hydrogen (secondary N) is 1. The predicted octanol–water partition coefficient (Wildman–Crippen LogP) is 5.03. The van der Waals surface area contributed by atoms with E-state index in [0.29, 0.717) is 16.9 Å². The van der Waals surface area contributed by atoms with Gasteiger partial charge in [-0.2, -0.15) is 0 Å². The van der Waals surface area contributed by atoms with Gasteiger partial charge in [0.15, 0.2) is 0 Å². The van der Waals surface area contributed by atoms with Gasteiger partial charge in [0.2, 0.25) is 0 Å². The lowest BCUT2D eigenvalue weighted by Crippen LogP contribution is -2.12. The molecule has 0 heterocycles. The zero-order valence-corrected chi connectivity index (χ0v) is 15.3. The third kappa shape index (κ3) is 5.35. The lowest BCUT2D eigenvalue weighted by molar-refractivity contribution is -0.139. The highest BCUT2D eigenvalue weighted by atomic mass is 16.7. The second kappa shape index (κ2) is 9.23. The molecule has 0 unspecified atom stereocenters. The maximum atomic E-state index is 12.1. The number of aryl methyl sites for hydroxylation is 1. The fourth-order valence-corrected chi connectivity index (χ4v) is 2.48. The van der Waals surface area contributed by atoms with Gasteiger partial charge in [-0.1, -0.05) is 48.5 Å². The summed E-state index contributed by atoms with van der Waals surface area (Å²) in [6.07, 6.45) is 0.182. The van der Waals surface area contributed by atoms with Crippen molar-refractivity contribution < 1.29 is 14.4 Å². The molecule has 6 nitrogen and oxygen atoms in total. The summed E-state index contributed by atoms with van der Waals surface area (Å²) in [5, 5.41) is 7.71. The first-order chi connectivity index (χ1) is 13.6. The number of hydrogen-bond acceptors (Lipinski definition) is 5. The van der Waals surface area contributed by atoms with Crippen LogP contribution >= 0.6 is 0 Å². The van der Waals surface area contributed by atoms with Gasteiger partial charge in [-0.3, -0.25) is 4.79 Å². The molecule has 140 valence electrons. The largest absolute Gasteiger partial charge is 0.343 e. The number of hydrogen-bond donors (Lipinski definition) is 1. The lowest BCUT2D eigenvalue weighted by atomic mass is 10.1. The van der Waals surface area contributed by atoms with Crippen molar-refractivity contribution in [3.05, 3.63) is 95.6 Å². The number of anilines is 1. The summed E-state index contributed by atoms with van der Waals surface area (Å²) in [4.78, 5) is 29.0. The molecule has 3 rings (SSSR count). The molecule has 0 aromatic heterocycles. The van der Waals surface area contributed by atoms with E-state index >= 15 is 0 Å². The van der Waals surface area contributed by atoms with E-state index in [4.69, 9.17) is 4.84 Å². The van der Waals surface area contributed by atoms with Crippen LogP contribution in [0.25, 0.3) is 0 Å². The third-order valence-electron chi connectivity index (χ3n) is 3.97. The summed E-state index contributed by atoms with van der Waals surface area (Å²) >= 11 is 0. The van der Waals surface area contributed by atoms with Gasteiger partial charge in [-0.05, 0) is 48.4 Å². The Kier molecular flexibility index (Phi) is 6.25. The summed E-state index contributed by atoms with van der Waals surface area (Å²) in [6, 6.07) is 23.3. The zero-order valence-electron chi connectivity index (χ0n) is 15.3. The average molecular weight is 373 g/mol. The molecule has 0 atom stereocenters. The number of azo groups is 1. The van der Waals surface area contributed by atoms with Crippen molar-refractivity contribution in [1.29, 1.82) is 0 Å². The number of nitrogens with zero attached hydrogens (tertiary/aromatic N) is 2. The van der Waals surface area contributed by atoms with E-state index in [9.17, 15) is 9.59 Å². The van der Waals surface area contributed by atoms with Crippen LogP contribution in [0, 0.1) is 6.92 Å². The fourth-order valence-electron chi connectivity index (χ4n) is 2.48. The van der Waals surface area contributed by atoms with E-state index in [-0.39, 0.29) is 6.42 Å². The Balaban J connectivity index is 1.52. The number of carbonyl (C=O) groups is 2. The Hall–Kier alpha value is -3.80. The van der Waals surface area contributed by atoms with E-state index in [2.05, 4.69) is 15.7 Å². The maximum absolute atomic E-state index is 12.1. The molecule has 0 bridgehead atoms. The van der Waals surface area contributed by atoms with Crippen molar-refractivity contribution in [3.8, 4) is 0 Å². The van der Waals surface area contributed by atoms with Gasteiger partial charge in [0.25, 0.3) is 5.91 Å². The van der Waals surface area contributed by atoms with Gasteiger partial charge < -0.3 is 4.84 Å². The topological polar surface area (TPSA) is 80.1 Å². The highest BCUT2D eigenvalue weighted by Crippen LogP contribution is 2.18. The van der Waals surface area contributed by atoms with Crippen LogP contribution < -0.4 is 5.48 Å². The molecular formula is C22H19N3O3. The Bertz CT molecular complexity index is 983. The second-order valence-electron chi connectivity index (χ2n) is 6.11. The minimum Gasteiger partial charge on any atom is -0.343 e. The molecule has 6 heteroatoms. The zero-order chi connectivity index (χ0) is 19.8. The van der Waals surface area contributed by atoms with Crippen LogP contribution in [0.4, 0.5) is 11.4 Å². The van der Waals surface area contributed by atoms with Crippen LogP contribution in [0.5, 0.6) is 0 Å². The van der Waals surface area contributed by atoms with Crippen LogP contribution in [0.1, 0.15) is 21.5 Å². The van der Waals surface area contributed by atoms with Crippen LogP contribution in [0.2, 0.25) is 0 Å². The van der Waals surface area contributed by atoms with Gasteiger partial charge in [-0.15, -0.1) is 10.2 Å². The van der Waals surface area contributed by atoms with Crippen molar-refractivity contribution >= 4 is 23.3 Å². The molecule has 3 aromatic rings. The molecule has 0 spiro atoms. The predicted molar refractivity (Wildman–Crippen MR) is 106 cm³/mol. The molecule has 0 saturated carbocycles. The summed E-state index contributed by atoms with van der Waals surface area (Å²) in [6.45, 7) is 1.85. The number of benzene rings is 3. The SMILES string of the molecule is Cc1ccccc1C(=O)N=Nc1ccc(NOC(=O)Cc2ccccc2)cc1. The highest BCUT2D eigenvalue weighted by Gasteiger charge is 2.07. The molecule has 0 radical (unpaired) electrons. The van der Waals surface area contributed by atoms with Crippen molar-refractivity contribution in [3.63, 3.8) is 0 Å². The molecule has 3 aromatic carbocycles. The van der Waals surface area contributed by atoms with E-state index < -0.39 is 11.9 Å². The Morgan fingerprint density at radius 1 is 0.893 bits per heavy atom. The Morgan fingerprint density at radius 2 is 1.57 bits per heavy atom. The molecular weight excluding hydrogens is 354 g/mol. The first-order valence-corrected chi connectivity index (χ1v) is 8.73. The van der Waals surface area contributed by atoms with E-state index in [0.717, 1.165) is 11.1 Å². The minimum atomic E-state index is -0.393. The Labute approximate surface area is 162 Å². The van der Waals surface area contributed by atoms with Gasteiger partial charge in [0.05, 0.1) is 17.8 Å². The van der Waals surface area contributed by atoms with E-state index in [1.165, 1.54) is 0 Å². The smallest absolute Gasteiger partial charge is 0.336 e. The van der Waals surface area contributed by atoms with Crippen LogP contribution in [-0.4, -0.2) is 11.9 Å². The molecule has 0 saturated heterocycles. The second-order valence-corrected chi connectivity index (χ2v) is 6.11.